The molecule has 2 aromatic heterocycles. The highest BCUT2D eigenvalue weighted by molar-refractivity contribution is 5.82. The van der Waals surface area contributed by atoms with Crippen LogP contribution in [-0.4, -0.2) is 19.7 Å². The molecule has 3 heterocycles. The average molecular weight is 389 g/mol. The zero-order valence-electron chi connectivity index (χ0n) is 16.2. The fourth-order valence-corrected chi connectivity index (χ4v) is 3.82. The van der Waals surface area contributed by atoms with E-state index in [1.54, 1.807) is 26.0 Å². The summed E-state index contributed by atoms with van der Waals surface area (Å²) in [5.41, 5.74) is 3.48. The zero-order valence-corrected chi connectivity index (χ0v) is 16.2. The minimum atomic E-state index is -0.210. The van der Waals surface area contributed by atoms with Crippen molar-refractivity contribution >= 4 is 10.9 Å². The van der Waals surface area contributed by atoms with Crippen LogP contribution in [0, 0.1) is 19.7 Å². The van der Waals surface area contributed by atoms with E-state index in [1.165, 1.54) is 0 Å². The van der Waals surface area contributed by atoms with Crippen LogP contribution < -0.4 is 10.7 Å². The van der Waals surface area contributed by atoms with Crippen molar-refractivity contribution in [3.63, 3.8) is 0 Å². The number of halogens is 1. The molecule has 5 rings (SSSR count). The molecule has 1 atom stereocenters. The van der Waals surface area contributed by atoms with Gasteiger partial charge < -0.3 is 10.3 Å². The van der Waals surface area contributed by atoms with Crippen LogP contribution in [0.5, 0.6) is 0 Å². The second-order valence-electron chi connectivity index (χ2n) is 7.48. The predicted octanol–water partition coefficient (Wildman–Crippen LogP) is 3.39. The van der Waals surface area contributed by atoms with Crippen LogP contribution in [0.3, 0.4) is 0 Å². The monoisotopic (exact) mass is 389 g/mol. The largest absolute Gasteiger partial charge is 0.351 e. The number of nitrogens with one attached hydrogen (secondary N) is 2. The van der Waals surface area contributed by atoms with Gasteiger partial charge in [-0.1, -0.05) is 24.3 Å². The summed E-state index contributed by atoms with van der Waals surface area (Å²) in [5, 5.41) is 8.70. The number of para-hydroxylation sites is 1. The number of aromatic nitrogens is 4. The molecule has 0 aliphatic carbocycles. The first-order chi connectivity index (χ1) is 14.0. The molecule has 146 valence electrons. The smallest absolute Gasteiger partial charge is 0.198 e. The SMILES string of the molecule is Cc1ccc(C2Cn3nc(-c4[nH]c5ccccc5c(=O)c4C)nc3CN2)cc1F. The maximum Gasteiger partial charge on any atom is 0.198 e. The molecular formula is C22H20FN5O. The molecule has 4 aromatic rings. The summed E-state index contributed by atoms with van der Waals surface area (Å²) in [4.78, 5) is 20.7. The Labute approximate surface area is 166 Å². The van der Waals surface area contributed by atoms with Gasteiger partial charge in [-0.2, -0.15) is 0 Å². The number of fused-ring (bicyclic) bond motifs is 2. The molecule has 0 amide bonds. The third-order valence-electron chi connectivity index (χ3n) is 5.58. The van der Waals surface area contributed by atoms with Crippen LogP contribution in [0.15, 0.2) is 47.3 Å². The van der Waals surface area contributed by atoms with E-state index < -0.39 is 0 Å². The number of aromatic amines is 1. The van der Waals surface area contributed by atoms with Crippen molar-refractivity contribution in [3.8, 4) is 11.5 Å². The van der Waals surface area contributed by atoms with E-state index in [1.807, 2.05) is 35.0 Å². The van der Waals surface area contributed by atoms with Crippen molar-refractivity contribution in [1.29, 1.82) is 0 Å². The Balaban J connectivity index is 1.53. The number of benzene rings is 2. The molecular weight excluding hydrogens is 369 g/mol. The number of aryl methyl sites for hydroxylation is 1. The first-order valence-corrected chi connectivity index (χ1v) is 9.56. The molecule has 2 aromatic carbocycles. The lowest BCUT2D eigenvalue weighted by Gasteiger charge is -2.24. The average Bonchev–Trinajstić information content (AvgIpc) is 3.16. The lowest BCUT2D eigenvalue weighted by Crippen LogP contribution is -2.33. The molecule has 1 aliphatic rings. The van der Waals surface area contributed by atoms with E-state index in [9.17, 15) is 9.18 Å². The van der Waals surface area contributed by atoms with Gasteiger partial charge in [-0.25, -0.2) is 14.1 Å². The van der Waals surface area contributed by atoms with Gasteiger partial charge in [-0.05, 0) is 43.2 Å². The number of nitrogens with zero attached hydrogens (tertiary/aromatic N) is 3. The number of pyridine rings is 1. The van der Waals surface area contributed by atoms with Gasteiger partial charge in [0, 0.05) is 16.5 Å². The van der Waals surface area contributed by atoms with Crippen molar-refractivity contribution in [1.82, 2.24) is 25.1 Å². The Morgan fingerprint density at radius 1 is 1.17 bits per heavy atom. The lowest BCUT2D eigenvalue weighted by molar-refractivity contribution is 0.371. The summed E-state index contributed by atoms with van der Waals surface area (Å²) in [6, 6.07) is 12.7. The predicted molar refractivity (Wildman–Crippen MR) is 109 cm³/mol. The van der Waals surface area contributed by atoms with E-state index in [4.69, 9.17) is 0 Å². The number of hydrogen-bond donors (Lipinski definition) is 2. The summed E-state index contributed by atoms with van der Waals surface area (Å²) < 4.78 is 15.8. The standard InChI is InChI=1S/C22H20FN5O/c1-12-7-8-14(9-16(12)23)18-11-28-19(10-24-18)26-22(27-28)20-13(2)21(29)15-5-3-4-6-17(15)25-20/h3-9,18,24H,10-11H2,1-2H3,(H,25,29). The fourth-order valence-electron chi connectivity index (χ4n) is 3.82. The van der Waals surface area contributed by atoms with E-state index >= 15 is 0 Å². The van der Waals surface area contributed by atoms with Crippen molar-refractivity contribution in [2.24, 2.45) is 0 Å². The summed E-state index contributed by atoms with van der Waals surface area (Å²) in [5.74, 6) is 1.08. The number of H-pyrrole nitrogens is 1. The van der Waals surface area contributed by atoms with Crippen LogP contribution >= 0.6 is 0 Å². The minimum absolute atomic E-state index is 0.0201. The Kier molecular flexibility index (Phi) is 4.06. The molecule has 0 radical (unpaired) electrons. The molecule has 1 aliphatic heterocycles. The molecule has 7 heteroatoms. The van der Waals surface area contributed by atoms with E-state index in [2.05, 4.69) is 20.4 Å². The topological polar surface area (TPSA) is 75.6 Å². The maximum atomic E-state index is 14.0. The fraction of sp³-hybridized carbons (Fsp3) is 0.227. The Morgan fingerprint density at radius 2 is 2.00 bits per heavy atom. The number of rotatable bonds is 2. The molecule has 0 spiro atoms. The highest BCUT2D eigenvalue weighted by Gasteiger charge is 2.24. The van der Waals surface area contributed by atoms with Gasteiger partial charge in [0.1, 0.15) is 11.6 Å². The van der Waals surface area contributed by atoms with E-state index in [-0.39, 0.29) is 17.3 Å². The maximum absolute atomic E-state index is 14.0. The van der Waals surface area contributed by atoms with Gasteiger partial charge >= 0.3 is 0 Å². The Morgan fingerprint density at radius 3 is 2.83 bits per heavy atom. The first kappa shape index (κ1) is 17.8. The second kappa shape index (κ2) is 6.63. The molecule has 0 bridgehead atoms. The van der Waals surface area contributed by atoms with Crippen LogP contribution in [-0.2, 0) is 13.1 Å². The third kappa shape index (κ3) is 2.94. The van der Waals surface area contributed by atoms with Gasteiger partial charge in [-0.3, -0.25) is 4.79 Å². The summed E-state index contributed by atoms with van der Waals surface area (Å²) in [6.45, 7) is 4.60. The van der Waals surface area contributed by atoms with Gasteiger partial charge in [0.2, 0.25) is 0 Å². The van der Waals surface area contributed by atoms with Crippen LogP contribution in [0.1, 0.15) is 28.6 Å². The van der Waals surface area contributed by atoms with Crippen molar-refractivity contribution in [2.75, 3.05) is 0 Å². The highest BCUT2D eigenvalue weighted by atomic mass is 19.1. The Hall–Kier alpha value is -3.32. The second-order valence-corrected chi connectivity index (χ2v) is 7.48. The van der Waals surface area contributed by atoms with Crippen molar-refractivity contribution in [3.05, 3.63) is 81.0 Å². The molecule has 0 saturated carbocycles. The minimum Gasteiger partial charge on any atom is -0.351 e. The van der Waals surface area contributed by atoms with E-state index in [0.29, 0.717) is 41.1 Å². The molecule has 2 N–H and O–H groups in total. The van der Waals surface area contributed by atoms with Crippen LogP contribution in [0.2, 0.25) is 0 Å². The Bertz CT molecular complexity index is 1310. The third-order valence-corrected chi connectivity index (χ3v) is 5.58. The van der Waals surface area contributed by atoms with E-state index in [0.717, 1.165) is 16.9 Å². The normalized spacial score (nSPS) is 16.2. The lowest BCUT2D eigenvalue weighted by atomic mass is 10.0. The number of hydrogen-bond acceptors (Lipinski definition) is 4. The molecule has 0 fully saturated rings. The summed E-state index contributed by atoms with van der Waals surface area (Å²) in [6.07, 6.45) is 0. The summed E-state index contributed by atoms with van der Waals surface area (Å²) >= 11 is 0. The summed E-state index contributed by atoms with van der Waals surface area (Å²) in [7, 11) is 0. The zero-order chi connectivity index (χ0) is 20.1. The van der Waals surface area contributed by atoms with Gasteiger partial charge in [0.05, 0.1) is 24.8 Å². The van der Waals surface area contributed by atoms with Crippen LogP contribution in [0.4, 0.5) is 4.39 Å². The highest BCUT2D eigenvalue weighted by Crippen LogP contribution is 2.25. The van der Waals surface area contributed by atoms with Gasteiger partial charge in [0.15, 0.2) is 11.3 Å². The molecule has 0 saturated heterocycles. The molecule has 29 heavy (non-hydrogen) atoms. The van der Waals surface area contributed by atoms with Crippen molar-refractivity contribution in [2.45, 2.75) is 33.0 Å². The van der Waals surface area contributed by atoms with Gasteiger partial charge in [0.25, 0.3) is 0 Å². The van der Waals surface area contributed by atoms with Crippen molar-refractivity contribution < 1.29 is 4.39 Å². The molecule has 1 unspecified atom stereocenters. The quantitative estimate of drug-likeness (QED) is 0.551. The molecule has 6 nitrogen and oxygen atoms in total. The first-order valence-electron chi connectivity index (χ1n) is 9.56. The van der Waals surface area contributed by atoms with Gasteiger partial charge in [-0.15, -0.1) is 5.10 Å². The van der Waals surface area contributed by atoms with Crippen LogP contribution in [0.25, 0.3) is 22.4 Å².